The highest BCUT2D eigenvalue weighted by atomic mass is 32.1. The van der Waals surface area contributed by atoms with Gasteiger partial charge in [-0.3, -0.25) is 4.79 Å². The van der Waals surface area contributed by atoms with Gasteiger partial charge in [0.2, 0.25) is 5.91 Å². The van der Waals surface area contributed by atoms with Gasteiger partial charge in [-0.25, -0.2) is 4.98 Å². The van der Waals surface area contributed by atoms with Crippen molar-refractivity contribution in [3.63, 3.8) is 0 Å². The summed E-state index contributed by atoms with van der Waals surface area (Å²) < 4.78 is 5.07. The Bertz CT molecular complexity index is 709. The minimum absolute atomic E-state index is 0.252. The quantitative estimate of drug-likeness (QED) is 0.806. The van der Waals surface area contributed by atoms with Crippen molar-refractivity contribution in [1.82, 2.24) is 9.88 Å². The second-order valence-electron chi connectivity index (χ2n) is 6.44. The predicted octanol–water partition coefficient (Wildman–Crippen LogP) is 3.46. The van der Waals surface area contributed by atoms with Crippen LogP contribution in [-0.4, -0.2) is 42.6 Å². The number of rotatable bonds is 6. The average Bonchev–Trinajstić information content (AvgIpc) is 3.07. The smallest absolute Gasteiger partial charge is 0.223 e. The third kappa shape index (κ3) is 3.84. The molecule has 24 heavy (non-hydrogen) atoms. The number of aryl methyl sites for hydroxylation is 2. The van der Waals surface area contributed by atoms with Crippen molar-refractivity contribution in [1.29, 1.82) is 0 Å². The second-order valence-corrected chi connectivity index (χ2v) is 7.85. The summed E-state index contributed by atoms with van der Waals surface area (Å²) >= 11 is 1.74. The highest BCUT2D eigenvalue weighted by molar-refractivity contribution is 7.11. The van der Waals surface area contributed by atoms with Crippen LogP contribution in [-0.2, 0) is 16.0 Å². The second kappa shape index (κ2) is 7.45. The molecule has 0 aliphatic carbocycles. The van der Waals surface area contributed by atoms with Crippen LogP contribution in [0.3, 0.4) is 0 Å². The first-order valence-electron chi connectivity index (χ1n) is 8.37. The van der Waals surface area contributed by atoms with Crippen molar-refractivity contribution in [2.75, 3.05) is 26.8 Å². The molecule has 1 aliphatic heterocycles. The highest BCUT2D eigenvalue weighted by Gasteiger charge is 2.29. The number of amides is 1. The summed E-state index contributed by atoms with van der Waals surface area (Å²) in [5.74, 6) is 0.658. The Balaban J connectivity index is 1.63. The molecule has 0 bridgehead atoms. The molecule has 0 unspecified atom stereocenters. The Kier molecular flexibility index (Phi) is 5.31. The molecule has 128 valence electrons. The monoisotopic (exact) mass is 344 g/mol. The minimum Gasteiger partial charge on any atom is -0.383 e. The SMILES string of the molecule is COCCN1C[C@H](Cc2ccc(-c3nc(C)sc3C)cc2)CC1=O. The lowest BCUT2D eigenvalue weighted by Gasteiger charge is -2.16. The van der Waals surface area contributed by atoms with Gasteiger partial charge in [-0.05, 0) is 31.7 Å². The first-order chi connectivity index (χ1) is 11.6. The number of carbonyl (C=O) groups is 1. The van der Waals surface area contributed by atoms with Crippen molar-refractivity contribution in [2.45, 2.75) is 26.7 Å². The minimum atomic E-state index is 0.252. The van der Waals surface area contributed by atoms with Gasteiger partial charge >= 0.3 is 0 Å². The Morgan fingerprint density at radius 3 is 2.67 bits per heavy atom. The molecule has 1 atom stereocenters. The summed E-state index contributed by atoms with van der Waals surface area (Å²) in [6, 6.07) is 8.64. The van der Waals surface area contributed by atoms with E-state index in [1.165, 1.54) is 16.0 Å². The van der Waals surface area contributed by atoms with E-state index in [0.717, 1.165) is 23.7 Å². The van der Waals surface area contributed by atoms with Crippen LogP contribution in [0.1, 0.15) is 21.9 Å². The van der Waals surface area contributed by atoms with E-state index in [9.17, 15) is 4.79 Å². The molecule has 1 amide bonds. The van der Waals surface area contributed by atoms with Crippen molar-refractivity contribution < 1.29 is 9.53 Å². The fourth-order valence-corrected chi connectivity index (χ4v) is 4.18. The highest BCUT2D eigenvalue weighted by Crippen LogP contribution is 2.28. The number of nitrogens with zero attached hydrogens (tertiary/aromatic N) is 2. The predicted molar refractivity (Wildman–Crippen MR) is 97.3 cm³/mol. The first kappa shape index (κ1) is 17.1. The number of aromatic nitrogens is 1. The van der Waals surface area contributed by atoms with Crippen LogP contribution in [0, 0.1) is 19.8 Å². The van der Waals surface area contributed by atoms with E-state index >= 15 is 0 Å². The number of carbonyl (C=O) groups excluding carboxylic acids is 1. The van der Waals surface area contributed by atoms with Crippen LogP contribution < -0.4 is 0 Å². The van der Waals surface area contributed by atoms with E-state index in [-0.39, 0.29) is 5.91 Å². The zero-order valence-electron chi connectivity index (χ0n) is 14.5. The Labute approximate surface area is 147 Å². The lowest BCUT2D eigenvalue weighted by Crippen LogP contribution is -2.28. The van der Waals surface area contributed by atoms with E-state index in [4.69, 9.17) is 4.74 Å². The van der Waals surface area contributed by atoms with E-state index in [0.29, 0.717) is 25.5 Å². The number of likely N-dealkylation sites (tertiary alicyclic amines) is 1. The number of hydrogen-bond acceptors (Lipinski definition) is 4. The summed E-state index contributed by atoms with van der Waals surface area (Å²) in [4.78, 5) is 19.8. The van der Waals surface area contributed by atoms with Gasteiger partial charge in [0, 0.05) is 37.1 Å². The van der Waals surface area contributed by atoms with E-state index in [1.807, 2.05) is 11.8 Å². The topological polar surface area (TPSA) is 42.4 Å². The Hall–Kier alpha value is -1.72. The van der Waals surface area contributed by atoms with Crippen molar-refractivity contribution in [3.05, 3.63) is 39.7 Å². The molecule has 1 saturated heterocycles. The molecule has 3 rings (SSSR count). The molecule has 1 aliphatic rings. The maximum atomic E-state index is 12.0. The summed E-state index contributed by atoms with van der Waals surface area (Å²) in [6.07, 6.45) is 1.60. The maximum Gasteiger partial charge on any atom is 0.223 e. The third-order valence-corrected chi connectivity index (χ3v) is 5.40. The van der Waals surface area contributed by atoms with E-state index < -0.39 is 0 Å². The van der Waals surface area contributed by atoms with E-state index in [2.05, 4.69) is 36.2 Å². The molecule has 1 aromatic carbocycles. The van der Waals surface area contributed by atoms with Gasteiger partial charge in [0.05, 0.1) is 17.3 Å². The number of thiazole rings is 1. The number of benzene rings is 1. The molecular formula is C19H24N2O2S. The lowest BCUT2D eigenvalue weighted by molar-refractivity contribution is -0.128. The average molecular weight is 344 g/mol. The zero-order valence-corrected chi connectivity index (χ0v) is 15.4. The van der Waals surface area contributed by atoms with Crippen LogP contribution in [0.25, 0.3) is 11.3 Å². The molecule has 0 spiro atoms. The van der Waals surface area contributed by atoms with E-state index in [1.54, 1.807) is 18.4 Å². The van der Waals surface area contributed by atoms with Gasteiger partial charge < -0.3 is 9.64 Å². The zero-order chi connectivity index (χ0) is 17.1. The van der Waals surface area contributed by atoms with Gasteiger partial charge in [0.15, 0.2) is 0 Å². The molecule has 2 heterocycles. The Morgan fingerprint density at radius 1 is 1.29 bits per heavy atom. The molecule has 1 fully saturated rings. The van der Waals surface area contributed by atoms with Gasteiger partial charge in [-0.1, -0.05) is 24.3 Å². The van der Waals surface area contributed by atoms with Crippen LogP contribution in [0.4, 0.5) is 0 Å². The Morgan fingerprint density at radius 2 is 2.04 bits per heavy atom. The molecule has 0 saturated carbocycles. The van der Waals surface area contributed by atoms with Crippen LogP contribution in [0.2, 0.25) is 0 Å². The van der Waals surface area contributed by atoms with Gasteiger partial charge in [0.25, 0.3) is 0 Å². The number of hydrogen-bond donors (Lipinski definition) is 0. The fraction of sp³-hybridized carbons (Fsp3) is 0.474. The fourth-order valence-electron chi connectivity index (χ4n) is 3.34. The van der Waals surface area contributed by atoms with Crippen LogP contribution >= 0.6 is 11.3 Å². The summed E-state index contributed by atoms with van der Waals surface area (Å²) in [7, 11) is 1.67. The molecule has 2 aromatic rings. The normalized spacial score (nSPS) is 17.7. The molecule has 4 nitrogen and oxygen atoms in total. The molecule has 0 N–H and O–H groups in total. The maximum absolute atomic E-state index is 12.0. The van der Waals surface area contributed by atoms with Crippen molar-refractivity contribution >= 4 is 17.2 Å². The van der Waals surface area contributed by atoms with Crippen molar-refractivity contribution in [2.24, 2.45) is 5.92 Å². The molecule has 5 heteroatoms. The van der Waals surface area contributed by atoms with Gasteiger partial charge in [0.1, 0.15) is 0 Å². The van der Waals surface area contributed by atoms with Crippen LogP contribution in [0.15, 0.2) is 24.3 Å². The number of methoxy groups -OCH3 is 1. The molecule has 0 radical (unpaired) electrons. The summed E-state index contributed by atoms with van der Waals surface area (Å²) in [6.45, 7) is 6.32. The van der Waals surface area contributed by atoms with Gasteiger partial charge in [-0.15, -0.1) is 11.3 Å². The lowest BCUT2D eigenvalue weighted by atomic mass is 9.97. The van der Waals surface area contributed by atoms with Crippen molar-refractivity contribution in [3.8, 4) is 11.3 Å². The third-order valence-electron chi connectivity index (χ3n) is 4.52. The molecule has 1 aromatic heterocycles. The first-order valence-corrected chi connectivity index (χ1v) is 9.18. The largest absolute Gasteiger partial charge is 0.383 e. The summed E-state index contributed by atoms with van der Waals surface area (Å²) in [5, 5.41) is 1.10. The molecular weight excluding hydrogens is 320 g/mol. The standard InChI is InChI=1S/C19H24N2O2S/c1-13-19(20-14(2)24-13)17-6-4-15(5-7-17)10-16-11-18(22)21(12-16)8-9-23-3/h4-7,16H,8-12H2,1-3H3/t16-/m1/s1. The van der Waals surface area contributed by atoms with Crippen LogP contribution in [0.5, 0.6) is 0 Å². The summed E-state index contributed by atoms with van der Waals surface area (Å²) in [5.41, 5.74) is 3.55. The van der Waals surface area contributed by atoms with Gasteiger partial charge in [-0.2, -0.15) is 0 Å². The number of ether oxygens (including phenoxy) is 1.